The maximum Gasteiger partial charge on any atom is 0.243 e. The molecule has 3 aromatic heterocycles. The number of aromatic nitrogens is 4. The Morgan fingerprint density at radius 2 is 1.75 bits per heavy atom. The summed E-state index contributed by atoms with van der Waals surface area (Å²) in [4.78, 5) is 37.3. The first kappa shape index (κ1) is 40.5. The van der Waals surface area contributed by atoms with Crippen LogP contribution in [0.15, 0.2) is 88.9 Å². The molecule has 61 heavy (non-hydrogen) atoms. The Bertz CT molecular complexity index is 2540. The predicted octanol–water partition coefficient (Wildman–Crippen LogP) is 7.83. The highest BCUT2D eigenvalue weighted by Gasteiger charge is 2.48. The first-order valence-electron chi connectivity index (χ1n) is 21.2. The number of likely N-dealkylation sites (tertiary alicyclic amines) is 1. The van der Waals surface area contributed by atoms with E-state index in [1.807, 2.05) is 99.9 Å². The van der Waals surface area contributed by atoms with Gasteiger partial charge in [-0.15, -0.1) is 21.5 Å². The van der Waals surface area contributed by atoms with Crippen molar-refractivity contribution in [2.24, 2.45) is 11.3 Å². The Labute approximate surface area is 358 Å². The fraction of sp³-hybridized carbons (Fsp3) is 0.404. The van der Waals surface area contributed by atoms with E-state index in [2.05, 4.69) is 30.6 Å². The Balaban J connectivity index is 0.797. The Hall–Kier alpha value is -5.86. The number of amides is 2. The minimum Gasteiger partial charge on any atom is -0.507 e. The average molecular weight is 842 g/mol. The number of hydrogen-bond acceptors (Lipinski definition) is 12. The molecule has 1 spiro atoms. The maximum atomic E-state index is 14.3. The topological polar surface area (TPSA) is 167 Å². The van der Waals surface area contributed by atoms with Crippen molar-refractivity contribution in [1.29, 1.82) is 0 Å². The molecule has 3 N–H and O–H groups in total. The number of rotatable bonds is 11. The molecule has 2 saturated heterocycles. The molecule has 14 heteroatoms. The van der Waals surface area contributed by atoms with Crippen LogP contribution in [0.5, 0.6) is 11.5 Å². The number of fused-ring (bicyclic) bond motifs is 1. The van der Waals surface area contributed by atoms with Gasteiger partial charge >= 0.3 is 0 Å². The van der Waals surface area contributed by atoms with Crippen LogP contribution in [0.1, 0.15) is 81.9 Å². The van der Waals surface area contributed by atoms with Crippen LogP contribution in [0.3, 0.4) is 0 Å². The second kappa shape index (κ2) is 16.5. The number of ether oxygens (including phenoxy) is 1. The highest BCUT2D eigenvalue weighted by molar-refractivity contribution is 7.13. The third-order valence-electron chi connectivity index (χ3n) is 12.9. The van der Waals surface area contributed by atoms with Crippen LogP contribution in [0.2, 0.25) is 0 Å². The number of hydrogen-bond donors (Lipinski definition) is 3. The lowest BCUT2D eigenvalue weighted by Gasteiger charge is -2.51. The summed E-state index contributed by atoms with van der Waals surface area (Å²) in [6.07, 6.45) is 3.42. The van der Waals surface area contributed by atoms with Crippen molar-refractivity contribution < 1.29 is 29.1 Å². The van der Waals surface area contributed by atoms with Crippen molar-refractivity contribution >= 4 is 39.9 Å². The summed E-state index contributed by atoms with van der Waals surface area (Å²) >= 11 is 1.60. The molecule has 1 saturated carbocycles. The fourth-order valence-electron chi connectivity index (χ4n) is 9.41. The van der Waals surface area contributed by atoms with Crippen molar-refractivity contribution in [3.63, 3.8) is 0 Å². The number of aromatic hydroxyl groups is 1. The van der Waals surface area contributed by atoms with Crippen molar-refractivity contribution in [3.8, 4) is 33.2 Å². The molecule has 4 atom stereocenters. The van der Waals surface area contributed by atoms with Gasteiger partial charge in [0, 0.05) is 43.1 Å². The summed E-state index contributed by atoms with van der Waals surface area (Å²) in [5, 5.41) is 38.2. The number of aliphatic hydroxyl groups excluding tert-OH is 1. The van der Waals surface area contributed by atoms with Gasteiger partial charge in [0.15, 0.2) is 11.6 Å². The number of thiazole rings is 1. The second-order valence-electron chi connectivity index (χ2n) is 17.4. The van der Waals surface area contributed by atoms with Crippen molar-refractivity contribution in [1.82, 2.24) is 30.6 Å². The number of aryl methyl sites for hydroxylation is 1. The average Bonchev–Trinajstić information content (AvgIpc) is 4.00. The molecule has 9 rings (SSSR count). The van der Waals surface area contributed by atoms with Gasteiger partial charge in [0.1, 0.15) is 23.5 Å². The quantitative estimate of drug-likeness (QED) is 0.116. The number of nitrogens with zero attached hydrogens (tertiary/aromatic N) is 6. The number of phenols is 1. The smallest absolute Gasteiger partial charge is 0.243 e. The Morgan fingerprint density at radius 1 is 0.984 bits per heavy atom. The van der Waals surface area contributed by atoms with Gasteiger partial charge in [-0.05, 0) is 98.4 Å². The Morgan fingerprint density at radius 3 is 2.48 bits per heavy atom. The molecular formula is C47H51N7O6S. The van der Waals surface area contributed by atoms with E-state index in [0.29, 0.717) is 22.8 Å². The molecule has 316 valence electrons. The molecule has 6 aromatic rings. The SMILES string of the molecule is Cc1ncsc1-c1ccc([C@H](C)NC(=O)[C@@H]2C[C@@H](O)CN2C(=O)[C@@H](c2cc(N3CCC4(CC3)CC(Oc3ccc5nnc(-c6ccccc6O)cc5c3)C4)no2)C(C)C)cc1. The van der Waals surface area contributed by atoms with E-state index in [1.165, 1.54) is 4.90 Å². The zero-order valence-corrected chi connectivity index (χ0v) is 35.6. The number of phenolic OH excluding ortho intramolecular Hbond substituents is 1. The molecule has 3 aromatic carbocycles. The number of carbonyl (C=O) groups is 2. The third-order valence-corrected chi connectivity index (χ3v) is 13.9. The molecule has 1 aliphatic carbocycles. The van der Waals surface area contributed by atoms with Gasteiger partial charge in [0.25, 0.3) is 0 Å². The van der Waals surface area contributed by atoms with Crippen LogP contribution in [0.4, 0.5) is 5.82 Å². The molecule has 3 fully saturated rings. The number of β-amino-alcohol motifs (C(OH)–C–C–N with tert-alkyl or cyclic N) is 1. The van der Waals surface area contributed by atoms with Gasteiger partial charge in [0.05, 0.1) is 45.5 Å². The highest BCUT2D eigenvalue weighted by Crippen LogP contribution is 2.51. The fourth-order valence-corrected chi connectivity index (χ4v) is 10.2. The lowest BCUT2D eigenvalue weighted by Crippen LogP contribution is -2.51. The predicted molar refractivity (Wildman–Crippen MR) is 233 cm³/mol. The van der Waals surface area contributed by atoms with E-state index in [0.717, 1.165) is 77.1 Å². The van der Waals surface area contributed by atoms with Crippen LogP contribution in [-0.4, -0.2) is 85.1 Å². The monoisotopic (exact) mass is 841 g/mol. The molecule has 0 unspecified atom stereocenters. The summed E-state index contributed by atoms with van der Waals surface area (Å²) < 4.78 is 12.4. The normalized spacial score (nSPS) is 19.9. The molecule has 2 aliphatic heterocycles. The van der Waals surface area contributed by atoms with Crippen molar-refractivity contribution in [3.05, 3.63) is 101 Å². The zero-order valence-electron chi connectivity index (χ0n) is 34.8. The number of benzene rings is 3. The number of anilines is 1. The van der Waals surface area contributed by atoms with E-state index < -0.39 is 18.1 Å². The van der Waals surface area contributed by atoms with E-state index in [1.54, 1.807) is 23.5 Å². The highest BCUT2D eigenvalue weighted by atomic mass is 32.1. The van der Waals surface area contributed by atoms with E-state index in [9.17, 15) is 19.8 Å². The largest absolute Gasteiger partial charge is 0.507 e. The van der Waals surface area contributed by atoms with Crippen LogP contribution in [0.25, 0.3) is 32.6 Å². The molecule has 5 heterocycles. The minimum atomic E-state index is -0.806. The van der Waals surface area contributed by atoms with Crippen LogP contribution >= 0.6 is 11.3 Å². The Kier molecular flexibility index (Phi) is 11.0. The summed E-state index contributed by atoms with van der Waals surface area (Å²) in [6, 6.07) is 23.7. The van der Waals surface area contributed by atoms with Crippen molar-refractivity contribution in [2.45, 2.75) is 90.0 Å². The first-order valence-corrected chi connectivity index (χ1v) is 22.0. The first-order chi connectivity index (χ1) is 29.4. The molecule has 13 nitrogen and oxygen atoms in total. The molecule has 3 aliphatic rings. The van der Waals surface area contributed by atoms with E-state index >= 15 is 0 Å². The summed E-state index contributed by atoms with van der Waals surface area (Å²) in [7, 11) is 0. The summed E-state index contributed by atoms with van der Waals surface area (Å²) in [6.45, 7) is 9.55. The lowest BCUT2D eigenvalue weighted by atomic mass is 9.61. The maximum absolute atomic E-state index is 14.3. The zero-order chi connectivity index (χ0) is 42.4. The second-order valence-corrected chi connectivity index (χ2v) is 18.3. The van der Waals surface area contributed by atoms with E-state index in [4.69, 9.17) is 9.26 Å². The molecule has 0 radical (unpaired) electrons. The minimum absolute atomic E-state index is 0.0768. The van der Waals surface area contributed by atoms with Crippen LogP contribution in [-0.2, 0) is 9.59 Å². The van der Waals surface area contributed by atoms with Gasteiger partial charge in [-0.25, -0.2) is 4.98 Å². The molecular weight excluding hydrogens is 791 g/mol. The van der Waals surface area contributed by atoms with E-state index in [-0.39, 0.29) is 54.0 Å². The summed E-state index contributed by atoms with van der Waals surface area (Å²) in [5.74, 6) is 0.779. The number of carbonyl (C=O) groups excluding carboxylic acids is 2. The van der Waals surface area contributed by atoms with Crippen LogP contribution in [0, 0.1) is 18.3 Å². The number of piperidine rings is 1. The number of nitrogens with one attached hydrogen (secondary N) is 1. The van der Waals surface area contributed by atoms with Gasteiger partial charge in [-0.3, -0.25) is 9.59 Å². The molecule has 2 amide bonds. The molecule has 0 bridgehead atoms. The van der Waals surface area contributed by atoms with Crippen LogP contribution < -0.4 is 15.0 Å². The lowest BCUT2D eigenvalue weighted by molar-refractivity contribution is -0.141. The van der Waals surface area contributed by atoms with Gasteiger partial charge in [0.2, 0.25) is 11.8 Å². The van der Waals surface area contributed by atoms with Gasteiger partial charge < -0.3 is 34.6 Å². The number of aliphatic hydroxyl groups is 1. The summed E-state index contributed by atoms with van der Waals surface area (Å²) in [5.41, 5.74) is 7.05. The van der Waals surface area contributed by atoms with Gasteiger partial charge in [-0.2, -0.15) is 0 Å². The van der Waals surface area contributed by atoms with Crippen molar-refractivity contribution in [2.75, 3.05) is 24.5 Å². The number of para-hydroxylation sites is 1. The van der Waals surface area contributed by atoms with Gasteiger partial charge in [-0.1, -0.05) is 55.4 Å². The standard InChI is InChI=1S/C47H51N7O6S/c1-27(2)43(46(58)54-25-33(55)21-39(54)45(57)49-28(3)30-9-11-31(12-10-30)44-29(4)48-26-61-44)41-22-42(52-60-41)53-17-15-47(16-18-53)23-35(24-47)59-34-13-14-37-32(19-34)20-38(51-50-37)36-7-5-6-8-40(36)56/h5-14,19-20,22,26-28,33,35,39,43,55-56H,15-18,21,23-25H2,1-4H3,(H,49,57)/t28-,33+,39-,43+/m0/s1. The third kappa shape index (κ3) is 8.18.